The minimum Gasteiger partial charge on any atom is -0.495 e. The Kier molecular flexibility index (Phi) is 4.14. The van der Waals surface area contributed by atoms with E-state index in [1.54, 1.807) is 18.5 Å². The molecule has 0 unspecified atom stereocenters. The van der Waals surface area contributed by atoms with Crippen LogP contribution < -0.4 is 10.1 Å². The van der Waals surface area contributed by atoms with Crippen LogP contribution in [0.2, 0.25) is 0 Å². The summed E-state index contributed by atoms with van der Waals surface area (Å²) in [5.41, 5.74) is 0. The SMILES string of the molecule is COc1ccc(F)cc1S(=O)(=O)N1CC(Nc2ncccn2)C1. The Morgan fingerprint density at radius 1 is 1.30 bits per heavy atom. The molecular formula is C14H15FN4O3S. The largest absolute Gasteiger partial charge is 0.495 e. The Morgan fingerprint density at radius 3 is 2.65 bits per heavy atom. The molecule has 7 nitrogen and oxygen atoms in total. The molecule has 1 N–H and O–H groups in total. The minimum absolute atomic E-state index is 0.0910. The van der Waals surface area contributed by atoms with Crippen molar-refractivity contribution in [1.29, 1.82) is 0 Å². The molecule has 0 amide bonds. The van der Waals surface area contributed by atoms with Gasteiger partial charge in [-0.2, -0.15) is 4.31 Å². The number of hydrogen-bond donors (Lipinski definition) is 1. The van der Waals surface area contributed by atoms with Crippen LogP contribution >= 0.6 is 0 Å². The van der Waals surface area contributed by atoms with Crippen LogP contribution in [0.3, 0.4) is 0 Å². The summed E-state index contributed by atoms with van der Waals surface area (Å²) in [6, 6.07) is 5.03. The maximum absolute atomic E-state index is 13.4. The monoisotopic (exact) mass is 338 g/mol. The highest BCUT2D eigenvalue weighted by atomic mass is 32.2. The summed E-state index contributed by atoms with van der Waals surface area (Å²) in [7, 11) is -2.46. The average molecular weight is 338 g/mol. The van der Waals surface area contributed by atoms with Gasteiger partial charge in [-0.25, -0.2) is 22.8 Å². The van der Waals surface area contributed by atoms with Crippen molar-refractivity contribution in [2.45, 2.75) is 10.9 Å². The third-order valence-corrected chi connectivity index (χ3v) is 5.34. The van der Waals surface area contributed by atoms with Crippen molar-refractivity contribution >= 4 is 16.0 Å². The Bertz CT molecular complexity index is 795. The van der Waals surface area contributed by atoms with Gasteiger partial charge in [-0.3, -0.25) is 0 Å². The standard InChI is InChI=1S/C14H15FN4O3S/c1-22-12-4-3-10(15)7-13(12)23(20,21)19-8-11(9-19)18-14-16-5-2-6-17-14/h2-7,11H,8-9H2,1H3,(H,16,17,18). The normalized spacial score (nSPS) is 15.9. The number of anilines is 1. The van der Waals surface area contributed by atoms with Crippen molar-refractivity contribution < 1.29 is 17.5 Å². The van der Waals surface area contributed by atoms with Gasteiger partial charge in [-0.1, -0.05) is 0 Å². The number of methoxy groups -OCH3 is 1. The predicted molar refractivity (Wildman–Crippen MR) is 81.2 cm³/mol. The van der Waals surface area contributed by atoms with E-state index in [9.17, 15) is 12.8 Å². The van der Waals surface area contributed by atoms with Crippen molar-refractivity contribution in [3.05, 3.63) is 42.5 Å². The van der Waals surface area contributed by atoms with E-state index in [-0.39, 0.29) is 29.8 Å². The van der Waals surface area contributed by atoms with Gasteiger partial charge in [0.1, 0.15) is 16.5 Å². The van der Waals surface area contributed by atoms with Crippen LogP contribution in [0.4, 0.5) is 10.3 Å². The molecular weight excluding hydrogens is 323 g/mol. The van der Waals surface area contributed by atoms with Crippen LogP contribution in [0.25, 0.3) is 0 Å². The van der Waals surface area contributed by atoms with Gasteiger partial charge in [0.25, 0.3) is 0 Å². The highest BCUT2D eigenvalue weighted by Crippen LogP contribution is 2.30. The van der Waals surface area contributed by atoms with Crippen LogP contribution in [0, 0.1) is 5.82 Å². The molecule has 1 fully saturated rings. The summed E-state index contributed by atoms with van der Waals surface area (Å²) in [6.45, 7) is 0.501. The molecule has 9 heteroatoms. The predicted octanol–water partition coefficient (Wildman–Crippen LogP) is 1.11. The lowest BCUT2D eigenvalue weighted by atomic mass is 10.2. The molecule has 2 aromatic rings. The molecule has 1 aromatic heterocycles. The molecule has 1 aliphatic heterocycles. The zero-order chi connectivity index (χ0) is 16.4. The summed E-state index contributed by atoms with van der Waals surface area (Å²) >= 11 is 0. The van der Waals surface area contributed by atoms with Crippen molar-refractivity contribution in [3.63, 3.8) is 0 Å². The highest BCUT2D eigenvalue weighted by Gasteiger charge is 2.38. The molecule has 0 atom stereocenters. The molecule has 0 bridgehead atoms. The number of hydrogen-bond acceptors (Lipinski definition) is 6. The first kappa shape index (κ1) is 15.6. The maximum atomic E-state index is 13.4. The lowest BCUT2D eigenvalue weighted by Crippen LogP contribution is -2.57. The zero-order valence-corrected chi connectivity index (χ0v) is 13.1. The molecule has 3 rings (SSSR count). The van der Waals surface area contributed by atoms with E-state index >= 15 is 0 Å². The highest BCUT2D eigenvalue weighted by molar-refractivity contribution is 7.89. The van der Waals surface area contributed by atoms with Crippen molar-refractivity contribution in [2.24, 2.45) is 0 Å². The number of aromatic nitrogens is 2. The van der Waals surface area contributed by atoms with E-state index in [0.29, 0.717) is 5.95 Å². The van der Waals surface area contributed by atoms with Gasteiger partial charge < -0.3 is 10.1 Å². The maximum Gasteiger partial charge on any atom is 0.247 e. The second kappa shape index (κ2) is 6.09. The number of halogens is 1. The van der Waals surface area contributed by atoms with Crippen LogP contribution in [0.15, 0.2) is 41.6 Å². The van der Waals surface area contributed by atoms with Crippen molar-refractivity contribution in [1.82, 2.24) is 14.3 Å². The number of ether oxygens (including phenoxy) is 1. The van der Waals surface area contributed by atoms with Crippen molar-refractivity contribution in [2.75, 3.05) is 25.5 Å². The molecule has 1 aliphatic rings. The third kappa shape index (κ3) is 3.10. The molecule has 2 heterocycles. The van der Waals surface area contributed by atoms with Crippen molar-refractivity contribution in [3.8, 4) is 5.75 Å². The quantitative estimate of drug-likeness (QED) is 0.879. The summed E-state index contributed by atoms with van der Waals surface area (Å²) < 4.78 is 44.8. The fourth-order valence-corrected chi connectivity index (χ4v) is 3.97. The summed E-state index contributed by atoms with van der Waals surface area (Å²) in [4.78, 5) is 7.88. The number of nitrogens with zero attached hydrogens (tertiary/aromatic N) is 3. The minimum atomic E-state index is -3.81. The summed E-state index contributed by atoms with van der Waals surface area (Å²) in [5, 5.41) is 3.04. The summed E-state index contributed by atoms with van der Waals surface area (Å²) in [5.74, 6) is -0.0654. The fourth-order valence-electron chi connectivity index (χ4n) is 2.27. The number of sulfonamides is 1. The van der Waals surface area contributed by atoms with E-state index < -0.39 is 15.8 Å². The van der Waals surface area contributed by atoms with Crippen LogP contribution in [-0.4, -0.2) is 48.9 Å². The Hall–Kier alpha value is -2.26. The number of benzene rings is 1. The van der Waals surface area contributed by atoms with E-state index in [0.717, 1.165) is 12.1 Å². The average Bonchev–Trinajstić information content (AvgIpc) is 2.51. The zero-order valence-electron chi connectivity index (χ0n) is 12.3. The number of nitrogens with one attached hydrogen (secondary N) is 1. The van der Waals surface area contributed by atoms with Gasteiger partial charge in [0.15, 0.2) is 0 Å². The molecule has 0 radical (unpaired) electrons. The first-order valence-corrected chi connectivity index (χ1v) is 8.32. The Balaban J connectivity index is 1.72. The first-order valence-electron chi connectivity index (χ1n) is 6.88. The first-order chi connectivity index (χ1) is 11.0. The lowest BCUT2D eigenvalue weighted by molar-refractivity contribution is 0.278. The second-order valence-electron chi connectivity index (χ2n) is 5.03. The molecule has 1 saturated heterocycles. The van der Waals surface area contributed by atoms with Crippen LogP contribution in [-0.2, 0) is 10.0 Å². The van der Waals surface area contributed by atoms with E-state index in [1.807, 2.05) is 0 Å². The van der Waals surface area contributed by atoms with Gasteiger partial charge in [0.05, 0.1) is 13.2 Å². The number of rotatable bonds is 5. The van der Waals surface area contributed by atoms with E-state index in [2.05, 4.69) is 15.3 Å². The molecule has 1 aromatic carbocycles. The molecule has 0 saturated carbocycles. The van der Waals surface area contributed by atoms with Gasteiger partial charge in [0, 0.05) is 25.5 Å². The topological polar surface area (TPSA) is 84.4 Å². The second-order valence-corrected chi connectivity index (χ2v) is 6.94. The van der Waals surface area contributed by atoms with Gasteiger partial charge in [-0.05, 0) is 24.3 Å². The van der Waals surface area contributed by atoms with Gasteiger partial charge in [0.2, 0.25) is 16.0 Å². The Labute approximate surface area is 133 Å². The van der Waals surface area contributed by atoms with Crippen LogP contribution in [0.1, 0.15) is 0 Å². The fraction of sp³-hybridized carbons (Fsp3) is 0.286. The molecule has 0 aliphatic carbocycles. The van der Waals surface area contributed by atoms with Gasteiger partial charge >= 0.3 is 0 Å². The molecule has 0 spiro atoms. The lowest BCUT2D eigenvalue weighted by Gasteiger charge is -2.38. The third-order valence-electron chi connectivity index (χ3n) is 3.49. The summed E-state index contributed by atoms with van der Waals surface area (Å²) in [6.07, 6.45) is 3.19. The smallest absolute Gasteiger partial charge is 0.247 e. The van der Waals surface area contributed by atoms with E-state index in [1.165, 1.54) is 17.5 Å². The Morgan fingerprint density at radius 2 is 2.00 bits per heavy atom. The molecule has 122 valence electrons. The van der Waals surface area contributed by atoms with Gasteiger partial charge in [-0.15, -0.1) is 0 Å². The van der Waals surface area contributed by atoms with E-state index in [4.69, 9.17) is 4.74 Å². The van der Waals surface area contributed by atoms with Crippen LogP contribution in [0.5, 0.6) is 5.75 Å². The molecule has 23 heavy (non-hydrogen) atoms.